The fraction of sp³-hybridized carbons (Fsp3) is 0.278. The maximum Gasteiger partial charge on any atom is 0.257 e. The minimum atomic E-state index is -0.245. The number of nitrogens with zero attached hydrogens (tertiary/aromatic N) is 1. The highest BCUT2D eigenvalue weighted by molar-refractivity contribution is 6.04. The lowest BCUT2D eigenvalue weighted by Crippen LogP contribution is -2.26. The molecule has 1 amide bonds. The number of pyridine rings is 1. The molecule has 0 saturated carbocycles. The predicted octanol–water partition coefficient (Wildman–Crippen LogP) is 3.75. The first kappa shape index (κ1) is 16.7. The van der Waals surface area contributed by atoms with Gasteiger partial charge in [-0.25, -0.2) is 0 Å². The Morgan fingerprint density at radius 2 is 1.61 bits per heavy atom. The van der Waals surface area contributed by atoms with E-state index < -0.39 is 0 Å². The Morgan fingerprint density at radius 1 is 0.957 bits per heavy atom. The summed E-state index contributed by atoms with van der Waals surface area (Å²) in [5.41, 5.74) is 2.39. The molecule has 5 nitrogen and oxygen atoms in total. The van der Waals surface area contributed by atoms with Gasteiger partial charge in [-0.2, -0.15) is 0 Å². The first-order chi connectivity index (χ1) is 10.7. The lowest BCUT2D eigenvalue weighted by atomic mass is 10.1. The van der Waals surface area contributed by atoms with Gasteiger partial charge in [0.1, 0.15) is 0 Å². The third kappa shape index (κ3) is 4.92. The van der Waals surface area contributed by atoms with Crippen LogP contribution in [0.2, 0.25) is 0 Å². The number of anilines is 2. The SMILES string of the molecule is CC(=O)c1ccc(NC(=O)c2cncc(NC(C)(C)C)c2)cc1. The number of aromatic nitrogens is 1. The summed E-state index contributed by atoms with van der Waals surface area (Å²) in [6, 6.07) is 8.55. The molecule has 5 heteroatoms. The zero-order valence-electron chi connectivity index (χ0n) is 13.8. The lowest BCUT2D eigenvalue weighted by Gasteiger charge is -2.22. The summed E-state index contributed by atoms with van der Waals surface area (Å²) in [7, 11) is 0. The molecule has 0 aliphatic heterocycles. The maximum absolute atomic E-state index is 12.3. The van der Waals surface area contributed by atoms with E-state index in [1.54, 1.807) is 36.5 Å². The Morgan fingerprint density at radius 3 is 2.17 bits per heavy atom. The van der Waals surface area contributed by atoms with E-state index in [9.17, 15) is 9.59 Å². The number of hydrogen-bond donors (Lipinski definition) is 2. The third-order valence-electron chi connectivity index (χ3n) is 3.07. The van der Waals surface area contributed by atoms with E-state index in [0.29, 0.717) is 16.8 Å². The van der Waals surface area contributed by atoms with Gasteiger partial charge in [0.15, 0.2) is 5.78 Å². The molecule has 23 heavy (non-hydrogen) atoms. The highest BCUT2D eigenvalue weighted by Crippen LogP contribution is 2.16. The second-order valence-corrected chi connectivity index (χ2v) is 6.42. The van der Waals surface area contributed by atoms with Crippen LogP contribution in [0.25, 0.3) is 0 Å². The van der Waals surface area contributed by atoms with Crippen molar-refractivity contribution < 1.29 is 9.59 Å². The normalized spacial score (nSPS) is 11.0. The van der Waals surface area contributed by atoms with Gasteiger partial charge < -0.3 is 10.6 Å². The monoisotopic (exact) mass is 311 g/mol. The molecule has 2 aromatic rings. The van der Waals surface area contributed by atoms with Crippen LogP contribution in [0, 0.1) is 0 Å². The second kappa shape index (κ2) is 6.60. The van der Waals surface area contributed by atoms with Crippen molar-refractivity contribution >= 4 is 23.1 Å². The molecule has 2 N–H and O–H groups in total. The van der Waals surface area contributed by atoms with E-state index in [4.69, 9.17) is 0 Å². The van der Waals surface area contributed by atoms with Crippen molar-refractivity contribution in [1.82, 2.24) is 4.98 Å². The summed E-state index contributed by atoms with van der Waals surface area (Å²) in [4.78, 5) is 27.7. The fourth-order valence-electron chi connectivity index (χ4n) is 2.06. The summed E-state index contributed by atoms with van der Waals surface area (Å²) in [5.74, 6) is -0.251. The molecule has 1 heterocycles. The minimum Gasteiger partial charge on any atom is -0.379 e. The zero-order chi connectivity index (χ0) is 17.0. The Labute approximate surface area is 136 Å². The second-order valence-electron chi connectivity index (χ2n) is 6.42. The molecule has 0 fully saturated rings. The molecular formula is C18H21N3O2. The van der Waals surface area contributed by atoms with Gasteiger partial charge in [-0.05, 0) is 58.0 Å². The number of amides is 1. The molecule has 0 bridgehead atoms. The zero-order valence-corrected chi connectivity index (χ0v) is 13.8. The van der Waals surface area contributed by atoms with Crippen molar-refractivity contribution in [3.05, 3.63) is 53.9 Å². The maximum atomic E-state index is 12.3. The van der Waals surface area contributed by atoms with E-state index in [2.05, 4.69) is 15.6 Å². The summed E-state index contributed by atoms with van der Waals surface area (Å²) < 4.78 is 0. The number of rotatable bonds is 4. The first-order valence-electron chi connectivity index (χ1n) is 7.40. The van der Waals surface area contributed by atoms with Crippen molar-refractivity contribution in [1.29, 1.82) is 0 Å². The van der Waals surface area contributed by atoms with E-state index in [-0.39, 0.29) is 17.2 Å². The number of benzene rings is 1. The molecule has 0 saturated heterocycles. The van der Waals surface area contributed by atoms with Crippen LogP contribution in [0.1, 0.15) is 48.4 Å². The Kier molecular flexibility index (Phi) is 4.79. The van der Waals surface area contributed by atoms with E-state index in [1.807, 2.05) is 20.8 Å². The number of carbonyl (C=O) groups excluding carboxylic acids is 2. The van der Waals surface area contributed by atoms with Crippen LogP contribution in [-0.4, -0.2) is 22.2 Å². The van der Waals surface area contributed by atoms with Crippen molar-refractivity contribution in [2.75, 3.05) is 10.6 Å². The summed E-state index contributed by atoms with van der Waals surface area (Å²) in [6.45, 7) is 7.62. The topological polar surface area (TPSA) is 71.1 Å². The molecule has 0 spiro atoms. The number of nitrogens with one attached hydrogen (secondary N) is 2. The van der Waals surface area contributed by atoms with Crippen LogP contribution in [-0.2, 0) is 0 Å². The highest BCUT2D eigenvalue weighted by atomic mass is 16.1. The highest BCUT2D eigenvalue weighted by Gasteiger charge is 2.12. The Hall–Kier alpha value is -2.69. The predicted molar refractivity (Wildman–Crippen MR) is 92.0 cm³/mol. The summed E-state index contributed by atoms with van der Waals surface area (Å²) in [5, 5.41) is 6.08. The molecule has 2 rings (SSSR count). The van der Waals surface area contributed by atoms with Crippen LogP contribution in [0.3, 0.4) is 0 Å². The molecule has 120 valence electrons. The Balaban J connectivity index is 2.11. The first-order valence-corrected chi connectivity index (χ1v) is 7.40. The smallest absolute Gasteiger partial charge is 0.257 e. The molecule has 1 aromatic carbocycles. The molecule has 0 unspecified atom stereocenters. The van der Waals surface area contributed by atoms with Crippen LogP contribution in [0.4, 0.5) is 11.4 Å². The summed E-state index contributed by atoms with van der Waals surface area (Å²) in [6.07, 6.45) is 3.21. The third-order valence-corrected chi connectivity index (χ3v) is 3.07. The average Bonchev–Trinajstić information content (AvgIpc) is 2.46. The van der Waals surface area contributed by atoms with Crippen molar-refractivity contribution in [3.8, 4) is 0 Å². The number of hydrogen-bond acceptors (Lipinski definition) is 4. The van der Waals surface area contributed by atoms with Gasteiger partial charge in [-0.3, -0.25) is 14.6 Å². The van der Waals surface area contributed by atoms with Gasteiger partial charge in [0.25, 0.3) is 5.91 Å². The van der Waals surface area contributed by atoms with Crippen molar-refractivity contribution in [2.24, 2.45) is 0 Å². The molecule has 0 aliphatic rings. The van der Waals surface area contributed by atoms with Gasteiger partial charge in [-0.15, -0.1) is 0 Å². The van der Waals surface area contributed by atoms with Gasteiger partial charge in [-0.1, -0.05) is 0 Å². The van der Waals surface area contributed by atoms with Crippen LogP contribution in [0.15, 0.2) is 42.7 Å². The molecule has 0 atom stereocenters. The lowest BCUT2D eigenvalue weighted by molar-refractivity contribution is 0.101. The average molecular weight is 311 g/mol. The standard InChI is InChI=1S/C18H21N3O2/c1-12(22)13-5-7-15(8-6-13)20-17(23)14-9-16(11-19-10-14)21-18(2,3)4/h5-11,21H,1-4H3,(H,20,23). The minimum absolute atomic E-state index is 0.00645. The van der Waals surface area contributed by atoms with E-state index in [0.717, 1.165) is 5.69 Å². The van der Waals surface area contributed by atoms with Crippen molar-refractivity contribution in [3.63, 3.8) is 0 Å². The fourth-order valence-corrected chi connectivity index (χ4v) is 2.06. The Bertz CT molecular complexity index is 716. The molecule has 0 radical (unpaired) electrons. The van der Waals surface area contributed by atoms with Crippen molar-refractivity contribution in [2.45, 2.75) is 33.2 Å². The molecule has 0 aliphatic carbocycles. The van der Waals surface area contributed by atoms with Gasteiger partial charge in [0.05, 0.1) is 11.3 Å². The van der Waals surface area contributed by atoms with Gasteiger partial charge in [0.2, 0.25) is 0 Å². The number of Topliss-reactive ketones (excluding diaryl/α,β-unsaturated/α-hetero) is 1. The molecular weight excluding hydrogens is 290 g/mol. The van der Waals surface area contributed by atoms with Gasteiger partial charge in [0, 0.05) is 29.2 Å². The van der Waals surface area contributed by atoms with E-state index >= 15 is 0 Å². The molecule has 1 aromatic heterocycles. The van der Waals surface area contributed by atoms with Crippen LogP contribution in [0.5, 0.6) is 0 Å². The number of ketones is 1. The largest absolute Gasteiger partial charge is 0.379 e. The van der Waals surface area contributed by atoms with E-state index in [1.165, 1.54) is 13.1 Å². The number of carbonyl (C=O) groups is 2. The van der Waals surface area contributed by atoms with Crippen LogP contribution >= 0.6 is 0 Å². The van der Waals surface area contributed by atoms with Crippen LogP contribution < -0.4 is 10.6 Å². The summed E-state index contributed by atoms with van der Waals surface area (Å²) >= 11 is 0. The van der Waals surface area contributed by atoms with Gasteiger partial charge >= 0.3 is 0 Å². The quantitative estimate of drug-likeness (QED) is 0.844.